The van der Waals surface area contributed by atoms with Crippen LogP contribution in [-0.2, 0) is 4.79 Å². The number of piperidine rings is 1. The third-order valence-electron chi connectivity index (χ3n) is 5.00. The average molecular weight is 303 g/mol. The second-order valence-electron chi connectivity index (χ2n) is 6.75. The summed E-state index contributed by atoms with van der Waals surface area (Å²) >= 11 is 0. The lowest BCUT2D eigenvalue weighted by atomic mass is 9.83. The van der Waals surface area contributed by atoms with Crippen molar-refractivity contribution in [2.75, 3.05) is 13.1 Å². The van der Waals surface area contributed by atoms with E-state index < -0.39 is 0 Å². The number of nitrogens with one attached hydrogen (secondary N) is 1. The molecule has 2 fully saturated rings. The molecule has 1 heterocycles. The molecule has 1 N–H and O–H groups in total. The number of hydrogen-bond donors (Lipinski definition) is 1. The van der Waals surface area contributed by atoms with Gasteiger partial charge in [-0.05, 0) is 70.9 Å². The summed E-state index contributed by atoms with van der Waals surface area (Å²) in [7, 11) is 0. The van der Waals surface area contributed by atoms with Crippen LogP contribution in [0.1, 0.15) is 59.3 Å². The first-order valence-electron chi connectivity index (χ1n) is 8.11. The van der Waals surface area contributed by atoms with Gasteiger partial charge in [0.05, 0.1) is 0 Å². The summed E-state index contributed by atoms with van der Waals surface area (Å²) in [6.07, 6.45) is 6.95. The fraction of sp³-hybridized carbons (Fsp3) is 0.938. The fourth-order valence-corrected chi connectivity index (χ4v) is 3.54. The predicted molar refractivity (Wildman–Crippen MR) is 86.2 cm³/mol. The van der Waals surface area contributed by atoms with Gasteiger partial charge in [-0.1, -0.05) is 6.92 Å². The molecule has 1 amide bonds. The summed E-state index contributed by atoms with van der Waals surface area (Å²) in [5.41, 5.74) is 0. The summed E-state index contributed by atoms with van der Waals surface area (Å²) in [5, 5.41) is 3.41. The van der Waals surface area contributed by atoms with Crippen molar-refractivity contribution in [2.24, 2.45) is 11.8 Å². The summed E-state index contributed by atoms with van der Waals surface area (Å²) in [6.45, 7) is 8.84. The number of amides is 1. The highest BCUT2D eigenvalue weighted by Gasteiger charge is 2.32. The molecule has 0 aromatic heterocycles. The minimum Gasteiger partial charge on any atom is -0.337 e. The van der Waals surface area contributed by atoms with E-state index in [9.17, 15) is 4.79 Å². The minimum atomic E-state index is 0. The number of carbonyl (C=O) groups excluding carboxylic acids is 1. The molecule has 0 aromatic carbocycles. The molecule has 3 nitrogen and oxygen atoms in total. The van der Waals surface area contributed by atoms with Crippen LogP contribution in [0.3, 0.4) is 0 Å². The Labute approximate surface area is 130 Å². The largest absolute Gasteiger partial charge is 0.337 e. The summed E-state index contributed by atoms with van der Waals surface area (Å²) in [5.74, 6) is 1.67. The molecule has 4 heteroatoms. The molecular formula is C16H31ClN2O. The first-order chi connectivity index (χ1) is 9.09. The maximum atomic E-state index is 12.6. The lowest BCUT2D eigenvalue weighted by Gasteiger charge is -2.41. The molecule has 1 aliphatic heterocycles. The maximum absolute atomic E-state index is 12.6. The van der Waals surface area contributed by atoms with Crippen molar-refractivity contribution in [1.29, 1.82) is 0 Å². The van der Waals surface area contributed by atoms with Crippen LogP contribution in [0.2, 0.25) is 0 Å². The number of carbonyl (C=O) groups is 1. The van der Waals surface area contributed by atoms with Crippen molar-refractivity contribution in [3.05, 3.63) is 0 Å². The van der Waals surface area contributed by atoms with E-state index in [0.717, 1.165) is 25.4 Å². The van der Waals surface area contributed by atoms with Crippen LogP contribution >= 0.6 is 12.4 Å². The molecule has 1 saturated heterocycles. The number of hydrogen-bond acceptors (Lipinski definition) is 2. The van der Waals surface area contributed by atoms with Crippen LogP contribution in [-0.4, -0.2) is 36.0 Å². The van der Waals surface area contributed by atoms with Crippen molar-refractivity contribution >= 4 is 18.3 Å². The van der Waals surface area contributed by atoms with Gasteiger partial charge in [0, 0.05) is 18.5 Å². The van der Waals surface area contributed by atoms with Crippen molar-refractivity contribution in [3.8, 4) is 0 Å². The zero-order valence-electron chi connectivity index (χ0n) is 13.2. The Kier molecular flexibility index (Phi) is 7.32. The first kappa shape index (κ1) is 17.8. The van der Waals surface area contributed by atoms with Crippen molar-refractivity contribution in [3.63, 3.8) is 0 Å². The van der Waals surface area contributed by atoms with E-state index in [1.807, 2.05) is 0 Å². The van der Waals surface area contributed by atoms with E-state index in [1.54, 1.807) is 0 Å². The van der Waals surface area contributed by atoms with E-state index in [0.29, 0.717) is 23.9 Å². The van der Waals surface area contributed by atoms with E-state index in [4.69, 9.17) is 0 Å². The molecular weight excluding hydrogens is 272 g/mol. The number of rotatable bonds is 5. The summed E-state index contributed by atoms with van der Waals surface area (Å²) < 4.78 is 0. The highest BCUT2D eigenvalue weighted by Crippen LogP contribution is 2.30. The summed E-state index contributed by atoms with van der Waals surface area (Å²) in [4.78, 5) is 14.8. The Balaban J connectivity index is 0.00000200. The van der Waals surface area contributed by atoms with Crippen LogP contribution in [0.25, 0.3) is 0 Å². The van der Waals surface area contributed by atoms with E-state index in [2.05, 4.69) is 31.0 Å². The van der Waals surface area contributed by atoms with E-state index in [-0.39, 0.29) is 12.4 Å². The van der Waals surface area contributed by atoms with Crippen LogP contribution < -0.4 is 5.32 Å². The highest BCUT2D eigenvalue weighted by molar-refractivity contribution is 5.85. The van der Waals surface area contributed by atoms with Crippen molar-refractivity contribution in [1.82, 2.24) is 10.2 Å². The van der Waals surface area contributed by atoms with Gasteiger partial charge < -0.3 is 10.2 Å². The smallest absolute Gasteiger partial charge is 0.223 e. The molecule has 2 rings (SSSR count). The predicted octanol–water partition coefficient (Wildman–Crippen LogP) is 3.22. The Morgan fingerprint density at radius 2 is 1.75 bits per heavy atom. The standard InChI is InChI=1S/C16H30N2O.ClH/c1-12(2)18(15-5-4-6-15)16(19)11-13(3)14-7-9-17-10-8-14;/h12-15,17H,4-11H2,1-3H3;1H. The van der Waals surface area contributed by atoms with Crippen molar-refractivity contribution in [2.45, 2.75) is 71.4 Å². The second-order valence-corrected chi connectivity index (χ2v) is 6.75. The molecule has 0 radical (unpaired) electrons. The highest BCUT2D eigenvalue weighted by atomic mass is 35.5. The van der Waals surface area contributed by atoms with Crippen molar-refractivity contribution < 1.29 is 4.79 Å². The Hall–Kier alpha value is -0.280. The Morgan fingerprint density at radius 1 is 1.15 bits per heavy atom. The quantitative estimate of drug-likeness (QED) is 0.845. The van der Waals surface area contributed by atoms with E-state index in [1.165, 1.54) is 32.1 Å². The molecule has 1 aliphatic carbocycles. The van der Waals surface area contributed by atoms with Gasteiger partial charge >= 0.3 is 0 Å². The maximum Gasteiger partial charge on any atom is 0.223 e. The monoisotopic (exact) mass is 302 g/mol. The van der Waals surface area contributed by atoms with Crippen LogP contribution in [0.5, 0.6) is 0 Å². The van der Waals surface area contributed by atoms with Gasteiger partial charge in [0.25, 0.3) is 0 Å². The van der Waals surface area contributed by atoms with Gasteiger partial charge in [0.1, 0.15) is 0 Å². The third-order valence-corrected chi connectivity index (χ3v) is 5.00. The van der Waals surface area contributed by atoms with Gasteiger partial charge in [-0.3, -0.25) is 4.79 Å². The van der Waals surface area contributed by atoms with Crippen LogP contribution in [0, 0.1) is 11.8 Å². The lowest BCUT2D eigenvalue weighted by molar-refractivity contribution is -0.138. The van der Waals surface area contributed by atoms with E-state index >= 15 is 0 Å². The third kappa shape index (κ3) is 4.36. The van der Waals surface area contributed by atoms with Gasteiger partial charge in [-0.25, -0.2) is 0 Å². The molecule has 1 unspecified atom stereocenters. The van der Waals surface area contributed by atoms with Gasteiger partial charge in [0.2, 0.25) is 5.91 Å². The zero-order valence-corrected chi connectivity index (χ0v) is 14.0. The molecule has 0 bridgehead atoms. The molecule has 20 heavy (non-hydrogen) atoms. The van der Waals surface area contributed by atoms with Gasteiger partial charge in [-0.15, -0.1) is 12.4 Å². The Morgan fingerprint density at radius 3 is 2.20 bits per heavy atom. The van der Waals surface area contributed by atoms with Gasteiger partial charge in [0.15, 0.2) is 0 Å². The molecule has 118 valence electrons. The molecule has 1 saturated carbocycles. The molecule has 2 aliphatic rings. The SMILES string of the molecule is CC(CC(=O)N(C(C)C)C1CCC1)C1CCNCC1.Cl. The average Bonchev–Trinajstić information content (AvgIpc) is 2.33. The zero-order chi connectivity index (χ0) is 13.8. The van der Waals surface area contributed by atoms with Crippen LogP contribution in [0.15, 0.2) is 0 Å². The summed E-state index contributed by atoms with van der Waals surface area (Å²) in [6, 6.07) is 0.894. The normalized spacial score (nSPS) is 22.0. The van der Waals surface area contributed by atoms with Gasteiger partial charge in [-0.2, -0.15) is 0 Å². The molecule has 0 aromatic rings. The minimum absolute atomic E-state index is 0. The Bertz CT molecular complexity index is 299. The lowest BCUT2D eigenvalue weighted by Crippen LogP contribution is -2.48. The van der Waals surface area contributed by atoms with Crippen LogP contribution in [0.4, 0.5) is 0 Å². The topological polar surface area (TPSA) is 32.3 Å². The second kappa shape index (κ2) is 8.23. The molecule has 0 spiro atoms. The number of nitrogens with zero attached hydrogens (tertiary/aromatic N) is 1. The number of halogens is 1. The fourth-order valence-electron chi connectivity index (χ4n) is 3.54. The first-order valence-corrected chi connectivity index (χ1v) is 8.11. The molecule has 1 atom stereocenters.